The van der Waals surface area contributed by atoms with E-state index >= 15 is 0 Å². The van der Waals surface area contributed by atoms with Gasteiger partial charge in [0.1, 0.15) is 10.1 Å². The van der Waals surface area contributed by atoms with Crippen LogP contribution in [0, 0.1) is 6.92 Å². The number of carbonyl (C=O) groups is 2. The lowest BCUT2D eigenvalue weighted by molar-refractivity contribution is -0.137. The first-order valence-corrected chi connectivity index (χ1v) is 7.88. The van der Waals surface area contributed by atoms with E-state index < -0.39 is 5.97 Å². The van der Waals surface area contributed by atoms with Crippen LogP contribution in [0.25, 0.3) is 6.08 Å². The number of thioether (sulfide) groups is 1. The van der Waals surface area contributed by atoms with E-state index in [1.165, 1.54) is 4.90 Å². The summed E-state index contributed by atoms with van der Waals surface area (Å²) in [5, 5.41) is 18.6. The summed E-state index contributed by atoms with van der Waals surface area (Å²) in [6.07, 6.45) is 1.96. The molecule has 0 unspecified atom stereocenters. The number of benzene rings is 1. The number of hydrogen-bond donors (Lipinski definition) is 2. The molecule has 0 aromatic heterocycles. The van der Waals surface area contributed by atoms with Gasteiger partial charge in [-0.3, -0.25) is 14.5 Å². The monoisotopic (exact) mass is 337 g/mol. The standard InChI is InChI=1S/C15H15NO4S2/c1-9-4-2-5-10(13(9)19)8-11-14(20)16(15(21)22-11)7-3-6-12(17)18/h2,4-5,8,19H,3,6-7H2,1H3,(H,17,18)/b11-8-. The number of phenolic OH excluding ortho intramolecular Hbond substituents is 1. The van der Waals surface area contributed by atoms with E-state index in [1.807, 2.05) is 0 Å². The molecule has 7 heteroatoms. The van der Waals surface area contributed by atoms with Crippen LogP contribution in [-0.4, -0.2) is 37.9 Å². The van der Waals surface area contributed by atoms with Gasteiger partial charge in [-0.25, -0.2) is 0 Å². The van der Waals surface area contributed by atoms with Crippen molar-refractivity contribution in [2.45, 2.75) is 19.8 Å². The number of aryl methyl sites for hydroxylation is 1. The van der Waals surface area contributed by atoms with Gasteiger partial charge in [-0.1, -0.05) is 42.2 Å². The normalized spacial score (nSPS) is 16.6. The molecule has 1 aromatic carbocycles. The number of carboxylic acids is 1. The SMILES string of the molecule is Cc1cccc(/C=C2\SC(=S)N(CCCC(=O)O)C2=O)c1O. The van der Waals surface area contributed by atoms with Crippen LogP contribution in [0.1, 0.15) is 24.0 Å². The Hall–Kier alpha value is -1.86. The molecule has 5 nitrogen and oxygen atoms in total. The van der Waals surface area contributed by atoms with Crippen molar-refractivity contribution in [1.29, 1.82) is 0 Å². The smallest absolute Gasteiger partial charge is 0.303 e. The van der Waals surface area contributed by atoms with Gasteiger partial charge in [-0.2, -0.15) is 0 Å². The Labute approximate surface area is 137 Å². The summed E-state index contributed by atoms with van der Waals surface area (Å²) in [7, 11) is 0. The highest BCUT2D eigenvalue weighted by molar-refractivity contribution is 8.26. The number of nitrogens with zero attached hydrogens (tertiary/aromatic N) is 1. The molecule has 1 aliphatic heterocycles. The van der Waals surface area contributed by atoms with Gasteiger partial charge in [0.25, 0.3) is 5.91 Å². The third-order valence-corrected chi connectivity index (χ3v) is 4.58. The summed E-state index contributed by atoms with van der Waals surface area (Å²) in [4.78, 5) is 24.7. The number of carboxylic acid groups (broad SMARTS) is 1. The Bertz CT molecular complexity index is 670. The van der Waals surface area contributed by atoms with E-state index in [9.17, 15) is 14.7 Å². The van der Waals surface area contributed by atoms with E-state index in [0.717, 1.165) is 17.3 Å². The van der Waals surface area contributed by atoms with E-state index in [0.29, 0.717) is 21.2 Å². The van der Waals surface area contributed by atoms with E-state index in [-0.39, 0.29) is 24.6 Å². The van der Waals surface area contributed by atoms with Crippen molar-refractivity contribution < 1.29 is 19.8 Å². The van der Waals surface area contributed by atoms with E-state index in [4.69, 9.17) is 17.3 Å². The molecular formula is C15H15NO4S2. The van der Waals surface area contributed by atoms with Crippen molar-refractivity contribution in [3.63, 3.8) is 0 Å². The Morgan fingerprint density at radius 1 is 1.45 bits per heavy atom. The first kappa shape index (κ1) is 16.5. The van der Waals surface area contributed by atoms with Crippen molar-refractivity contribution in [2.24, 2.45) is 0 Å². The lowest BCUT2D eigenvalue weighted by Gasteiger charge is -2.13. The maximum Gasteiger partial charge on any atom is 0.303 e. The van der Waals surface area contributed by atoms with Gasteiger partial charge in [-0.15, -0.1) is 0 Å². The zero-order chi connectivity index (χ0) is 16.3. The third kappa shape index (κ3) is 3.66. The molecular weight excluding hydrogens is 322 g/mol. The number of rotatable bonds is 5. The molecule has 116 valence electrons. The first-order valence-electron chi connectivity index (χ1n) is 6.66. The summed E-state index contributed by atoms with van der Waals surface area (Å²) < 4.78 is 0.411. The van der Waals surface area contributed by atoms with Gasteiger partial charge >= 0.3 is 5.97 Å². The zero-order valence-electron chi connectivity index (χ0n) is 11.9. The molecule has 1 aromatic rings. The molecule has 0 bridgehead atoms. The van der Waals surface area contributed by atoms with Gasteiger partial charge in [-0.05, 0) is 25.0 Å². The fourth-order valence-electron chi connectivity index (χ4n) is 2.02. The minimum absolute atomic E-state index is 0.00518. The van der Waals surface area contributed by atoms with Crippen LogP contribution in [0.2, 0.25) is 0 Å². The van der Waals surface area contributed by atoms with Crippen molar-refractivity contribution in [3.8, 4) is 5.75 Å². The molecule has 2 N–H and O–H groups in total. The molecule has 0 aliphatic carbocycles. The van der Waals surface area contributed by atoms with Crippen LogP contribution >= 0.6 is 24.0 Å². The van der Waals surface area contributed by atoms with Crippen LogP contribution in [0.4, 0.5) is 0 Å². The Morgan fingerprint density at radius 3 is 2.86 bits per heavy atom. The van der Waals surface area contributed by atoms with Gasteiger partial charge in [0.05, 0.1) is 4.91 Å². The highest BCUT2D eigenvalue weighted by Crippen LogP contribution is 2.34. The fraction of sp³-hybridized carbons (Fsp3) is 0.267. The van der Waals surface area contributed by atoms with E-state index in [2.05, 4.69) is 0 Å². The van der Waals surface area contributed by atoms with Crippen LogP contribution in [-0.2, 0) is 9.59 Å². The van der Waals surface area contributed by atoms with Crippen LogP contribution < -0.4 is 0 Å². The lowest BCUT2D eigenvalue weighted by Crippen LogP contribution is -2.29. The van der Waals surface area contributed by atoms with Crippen molar-refractivity contribution >= 4 is 46.3 Å². The average Bonchev–Trinajstić information content (AvgIpc) is 2.71. The quantitative estimate of drug-likeness (QED) is 0.635. The molecule has 2 rings (SSSR count). The number of phenols is 1. The molecule has 1 amide bonds. The Balaban J connectivity index is 2.15. The van der Waals surface area contributed by atoms with Crippen LogP contribution in [0.15, 0.2) is 23.1 Å². The van der Waals surface area contributed by atoms with Crippen molar-refractivity contribution in [3.05, 3.63) is 34.2 Å². The molecule has 1 heterocycles. The molecule has 1 saturated heterocycles. The molecule has 22 heavy (non-hydrogen) atoms. The minimum Gasteiger partial charge on any atom is -0.507 e. The van der Waals surface area contributed by atoms with E-state index in [1.54, 1.807) is 31.2 Å². The summed E-state index contributed by atoms with van der Waals surface area (Å²) in [6.45, 7) is 2.07. The molecule has 1 fully saturated rings. The Kier molecular flexibility index (Phi) is 5.20. The predicted octanol–water partition coefficient (Wildman–Crippen LogP) is 2.77. The summed E-state index contributed by atoms with van der Waals surface area (Å²) in [5.41, 5.74) is 1.29. The van der Waals surface area contributed by atoms with Gasteiger partial charge in [0.15, 0.2) is 0 Å². The van der Waals surface area contributed by atoms with Gasteiger partial charge < -0.3 is 10.2 Å². The molecule has 0 atom stereocenters. The largest absolute Gasteiger partial charge is 0.507 e. The number of amides is 1. The molecule has 0 saturated carbocycles. The Morgan fingerprint density at radius 2 is 2.18 bits per heavy atom. The van der Waals surface area contributed by atoms with Crippen molar-refractivity contribution in [2.75, 3.05) is 6.54 Å². The highest BCUT2D eigenvalue weighted by Gasteiger charge is 2.31. The second-order valence-corrected chi connectivity index (χ2v) is 6.52. The minimum atomic E-state index is -0.898. The maximum atomic E-state index is 12.3. The number of aliphatic carboxylic acids is 1. The second-order valence-electron chi connectivity index (χ2n) is 4.84. The first-order chi connectivity index (χ1) is 10.4. The maximum absolute atomic E-state index is 12.3. The summed E-state index contributed by atoms with van der Waals surface area (Å²) in [5.74, 6) is -1.01. The van der Waals surface area contributed by atoms with Gasteiger partial charge in [0.2, 0.25) is 0 Å². The number of thiocarbonyl (C=S) groups is 1. The van der Waals surface area contributed by atoms with Crippen LogP contribution in [0.5, 0.6) is 5.75 Å². The summed E-state index contributed by atoms with van der Waals surface area (Å²) in [6, 6.07) is 5.30. The predicted molar refractivity (Wildman–Crippen MR) is 89.6 cm³/mol. The number of para-hydroxylation sites is 1. The molecule has 0 radical (unpaired) electrons. The summed E-state index contributed by atoms with van der Waals surface area (Å²) >= 11 is 6.33. The average molecular weight is 337 g/mol. The number of carbonyl (C=O) groups excluding carboxylic acids is 1. The lowest BCUT2D eigenvalue weighted by atomic mass is 10.1. The third-order valence-electron chi connectivity index (χ3n) is 3.20. The fourth-order valence-corrected chi connectivity index (χ4v) is 3.32. The highest BCUT2D eigenvalue weighted by atomic mass is 32.2. The van der Waals surface area contributed by atoms with Crippen molar-refractivity contribution in [1.82, 2.24) is 4.90 Å². The molecule has 0 spiro atoms. The van der Waals surface area contributed by atoms with Gasteiger partial charge in [0, 0.05) is 18.5 Å². The number of aromatic hydroxyl groups is 1. The second kappa shape index (κ2) is 6.93. The topological polar surface area (TPSA) is 77.8 Å². The number of hydrogen-bond acceptors (Lipinski definition) is 5. The zero-order valence-corrected chi connectivity index (χ0v) is 13.5. The molecule has 1 aliphatic rings. The van der Waals surface area contributed by atoms with Crippen LogP contribution in [0.3, 0.4) is 0 Å².